The Hall–Kier alpha value is -3.02. The van der Waals surface area contributed by atoms with E-state index < -0.39 is 11.7 Å². The molecule has 6 heteroatoms. The van der Waals surface area contributed by atoms with E-state index in [2.05, 4.69) is 5.32 Å². The molecule has 0 aromatic heterocycles. The number of carbonyl (C=O) groups excluding carboxylic acids is 2. The van der Waals surface area contributed by atoms with Crippen LogP contribution in [0.15, 0.2) is 54.6 Å². The number of nitrogens with zero attached hydrogens (tertiary/aromatic N) is 1. The molecule has 1 saturated heterocycles. The molecule has 1 aliphatic rings. The van der Waals surface area contributed by atoms with Crippen molar-refractivity contribution in [2.24, 2.45) is 0 Å². The first-order valence-corrected chi connectivity index (χ1v) is 10.2. The van der Waals surface area contributed by atoms with Crippen LogP contribution in [0.5, 0.6) is 5.75 Å². The molecule has 2 aromatic carbocycles. The van der Waals surface area contributed by atoms with Crippen LogP contribution >= 0.6 is 0 Å². The summed E-state index contributed by atoms with van der Waals surface area (Å²) in [7, 11) is 1.62. The summed E-state index contributed by atoms with van der Waals surface area (Å²) >= 11 is 0. The number of carbonyl (C=O) groups is 2. The van der Waals surface area contributed by atoms with E-state index in [9.17, 15) is 9.59 Å². The molecule has 6 nitrogen and oxygen atoms in total. The fourth-order valence-corrected chi connectivity index (χ4v) is 3.69. The third kappa shape index (κ3) is 5.75. The summed E-state index contributed by atoms with van der Waals surface area (Å²) in [6.45, 7) is 6.43. The van der Waals surface area contributed by atoms with Crippen molar-refractivity contribution >= 4 is 12.0 Å². The quantitative estimate of drug-likeness (QED) is 0.806. The van der Waals surface area contributed by atoms with E-state index >= 15 is 0 Å². The maximum atomic E-state index is 12.9. The van der Waals surface area contributed by atoms with Crippen molar-refractivity contribution in [3.63, 3.8) is 0 Å². The highest BCUT2D eigenvalue weighted by Gasteiger charge is 2.36. The van der Waals surface area contributed by atoms with Crippen molar-refractivity contribution in [2.75, 3.05) is 13.7 Å². The smallest absolute Gasteiger partial charge is 0.407 e. The van der Waals surface area contributed by atoms with Crippen LogP contribution in [-0.4, -0.2) is 42.2 Å². The highest BCUT2D eigenvalue weighted by Crippen LogP contribution is 2.31. The molecule has 0 bridgehead atoms. The van der Waals surface area contributed by atoms with E-state index in [-0.39, 0.29) is 17.9 Å². The third-order valence-electron chi connectivity index (χ3n) is 5.11. The highest BCUT2D eigenvalue weighted by molar-refractivity contribution is 5.79. The van der Waals surface area contributed by atoms with Gasteiger partial charge in [-0.1, -0.05) is 42.5 Å². The second-order valence-electron chi connectivity index (χ2n) is 8.60. The first kappa shape index (κ1) is 21.7. The molecule has 0 spiro atoms. The lowest BCUT2D eigenvalue weighted by molar-refractivity contribution is -0.135. The van der Waals surface area contributed by atoms with E-state index in [0.29, 0.717) is 19.5 Å². The van der Waals surface area contributed by atoms with E-state index in [0.717, 1.165) is 16.9 Å². The Morgan fingerprint density at radius 2 is 1.77 bits per heavy atom. The number of nitrogens with one attached hydrogen (secondary N) is 1. The summed E-state index contributed by atoms with van der Waals surface area (Å²) in [6.07, 6.45) is -0.153. The SMILES string of the molecule is COc1ccc([C@@H]2CC(=O)N(Cc3ccccc3)C[C@H]2NC(=O)OC(C)(C)C)cc1. The number of likely N-dealkylation sites (tertiary alicyclic amines) is 1. The summed E-state index contributed by atoms with van der Waals surface area (Å²) in [4.78, 5) is 27.2. The molecule has 1 fully saturated rings. The zero-order valence-corrected chi connectivity index (χ0v) is 18.1. The molecule has 30 heavy (non-hydrogen) atoms. The zero-order valence-electron chi connectivity index (χ0n) is 18.1. The Labute approximate surface area is 178 Å². The van der Waals surface area contributed by atoms with E-state index in [4.69, 9.17) is 9.47 Å². The largest absolute Gasteiger partial charge is 0.497 e. The standard InChI is InChI=1S/C24H30N2O4/c1-24(2,3)30-23(28)25-21-16-26(15-17-8-6-5-7-9-17)22(27)14-20(21)18-10-12-19(29-4)13-11-18/h5-13,20-21H,14-16H2,1-4H3,(H,25,28)/t20-,21+/m0/s1. The molecule has 2 aromatic rings. The van der Waals surface area contributed by atoms with Gasteiger partial charge in [0.2, 0.25) is 5.91 Å². The van der Waals surface area contributed by atoms with Gasteiger partial charge in [0.1, 0.15) is 11.4 Å². The normalized spacial score (nSPS) is 19.3. The molecule has 160 valence electrons. The van der Waals surface area contributed by atoms with Gasteiger partial charge in [0.05, 0.1) is 13.2 Å². The molecular weight excluding hydrogens is 380 g/mol. The fraction of sp³-hybridized carbons (Fsp3) is 0.417. The Balaban J connectivity index is 1.81. The lowest BCUT2D eigenvalue weighted by Gasteiger charge is -2.39. The van der Waals surface area contributed by atoms with Crippen LogP contribution < -0.4 is 10.1 Å². The molecular formula is C24H30N2O4. The first-order valence-electron chi connectivity index (χ1n) is 10.2. The average molecular weight is 411 g/mol. The number of amides is 2. The van der Waals surface area contributed by atoms with Crippen LogP contribution in [0.25, 0.3) is 0 Å². The van der Waals surface area contributed by atoms with Crippen LogP contribution in [-0.2, 0) is 16.1 Å². The predicted molar refractivity (Wildman–Crippen MR) is 115 cm³/mol. The third-order valence-corrected chi connectivity index (χ3v) is 5.11. The molecule has 0 radical (unpaired) electrons. The molecule has 0 unspecified atom stereocenters. The topological polar surface area (TPSA) is 67.9 Å². The Morgan fingerprint density at radius 3 is 2.37 bits per heavy atom. The average Bonchev–Trinajstić information content (AvgIpc) is 2.70. The number of alkyl carbamates (subject to hydrolysis) is 1. The number of rotatable bonds is 5. The number of ether oxygens (including phenoxy) is 2. The van der Waals surface area contributed by atoms with Crippen molar-refractivity contribution in [3.05, 3.63) is 65.7 Å². The summed E-state index contributed by atoms with van der Waals surface area (Å²) < 4.78 is 10.7. The monoisotopic (exact) mass is 410 g/mol. The van der Waals surface area contributed by atoms with Crippen molar-refractivity contribution in [3.8, 4) is 5.75 Å². The molecule has 1 aliphatic heterocycles. The molecule has 2 amide bonds. The zero-order chi connectivity index (χ0) is 21.7. The number of piperidine rings is 1. The summed E-state index contributed by atoms with van der Waals surface area (Å²) in [5, 5.41) is 3.00. The minimum absolute atomic E-state index is 0.0712. The minimum Gasteiger partial charge on any atom is -0.497 e. The van der Waals surface area contributed by atoms with Crippen LogP contribution in [0.4, 0.5) is 4.79 Å². The lowest BCUT2D eigenvalue weighted by Crippen LogP contribution is -2.54. The molecule has 0 aliphatic carbocycles. The van der Waals surface area contributed by atoms with Crippen LogP contribution in [0.3, 0.4) is 0 Å². The van der Waals surface area contributed by atoms with Gasteiger partial charge in [0.25, 0.3) is 0 Å². The second kappa shape index (κ2) is 9.20. The van der Waals surface area contributed by atoms with Gasteiger partial charge in [-0.05, 0) is 44.0 Å². The van der Waals surface area contributed by atoms with Gasteiger partial charge < -0.3 is 19.7 Å². The van der Waals surface area contributed by atoms with Crippen LogP contribution in [0.1, 0.15) is 44.2 Å². The van der Waals surface area contributed by atoms with Gasteiger partial charge in [0, 0.05) is 25.4 Å². The maximum Gasteiger partial charge on any atom is 0.407 e. The minimum atomic E-state index is -0.589. The molecule has 3 rings (SSSR count). The summed E-state index contributed by atoms with van der Waals surface area (Å²) in [5.41, 5.74) is 1.46. The van der Waals surface area contributed by atoms with Gasteiger partial charge in [0.15, 0.2) is 0 Å². The van der Waals surface area contributed by atoms with Gasteiger partial charge >= 0.3 is 6.09 Å². The molecule has 1 heterocycles. The number of hydrogen-bond donors (Lipinski definition) is 1. The van der Waals surface area contributed by atoms with Crippen molar-refractivity contribution < 1.29 is 19.1 Å². The van der Waals surface area contributed by atoms with Gasteiger partial charge in [-0.15, -0.1) is 0 Å². The molecule has 2 atom stereocenters. The maximum absolute atomic E-state index is 12.9. The van der Waals surface area contributed by atoms with Crippen molar-refractivity contribution in [1.82, 2.24) is 10.2 Å². The summed E-state index contributed by atoms with van der Waals surface area (Å²) in [6, 6.07) is 17.3. The number of hydrogen-bond acceptors (Lipinski definition) is 4. The first-order chi connectivity index (χ1) is 14.2. The molecule has 1 N–H and O–H groups in total. The Morgan fingerprint density at radius 1 is 1.10 bits per heavy atom. The number of methoxy groups -OCH3 is 1. The lowest BCUT2D eigenvalue weighted by atomic mass is 9.84. The summed E-state index contributed by atoms with van der Waals surface area (Å²) in [5.74, 6) is 0.688. The van der Waals surface area contributed by atoms with E-state index in [1.54, 1.807) is 12.0 Å². The predicted octanol–water partition coefficient (Wildman–Crippen LogP) is 4.10. The van der Waals surface area contributed by atoms with Gasteiger partial charge in [-0.2, -0.15) is 0 Å². The second-order valence-corrected chi connectivity index (χ2v) is 8.60. The van der Waals surface area contributed by atoms with Gasteiger partial charge in [-0.25, -0.2) is 4.79 Å². The van der Waals surface area contributed by atoms with Crippen LogP contribution in [0, 0.1) is 0 Å². The Bertz CT molecular complexity index is 859. The van der Waals surface area contributed by atoms with Gasteiger partial charge in [-0.3, -0.25) is 4.79 Å². The van der Waals surface area contributed by atoms with Crippen molar-refractivity contribution in [2.45, 2.75) is 51.3 Å². The van der Waals surface area contributed by atoms with E-state index in [1.165, 1.54) is 0 Å². The van der Waals surface area contributed by atoms with Crippen molar-refractivity contribution in [1.29, 1.82) is 0 Å². The highest BCUT2D eigenvalue weighted by atomic mass is 16.6. The number of benzene rings is 2. The fourth-order valence-electron chi connectivity index (χ4n) is 3.69. The molecule has 0 saturated carbocycles. The van der Waals surface area contributed by atoms with E-state index in [1.807, 2.05) is 75.4 Å². The van der Waals surface area contributed by atoms with Crippen LogP contribution in [0.2, 0.25) is 0 Å². The Kier molecular flexibility index (Phi) is 6.65.